The van der Waals surface area contributed by atoms with Crippen LogP contribution in [-0.2, 0) is 0 Å². The first kappa shape index (κ1) is 11.3. The van der Waals surface area contributed by atoms with Gasteiger partial charge >= 0.3 is 0 Å². The molecule has 1 aromatic heterocycles. The average Bonchev–Trinajstić information content (AvgIpc) is 2.81. The van der Waals surface area contributed by atoms with E-state index in [-0.39, 0.29) is 0 Å². The standard InChI is InChI=1S/C16H12BrN/c1-12(13-5-3-2-4-6-13)18-10-9-14-11-15(17)7-8-16(14)18/h2-11H,1H2. The van der Waals surface area contributed by atoms with Crippen LogP contribution in [-0.4, -0.2) is 4.57 Å². The largest absolute Gasteiger partial charge is 0.317 e. The van der Waals surface area contributed by atoms with E-state index < -0.39 is 0 Å². The molecule has 0 amide bonds. The highest BCUT2D eigenvalue weighted by Crippen LogP contribution is 2.25. The van der Waals surface area contributed by atoms with Gasteiger partial charge in [-0.15, -0.1) is 0 Å². The highest BCUT2D eigenvalue weighted by Gasteiger charge is 2.05. The van der Waals surface area contributed by atoms with Crippen molar-refractivity contribution in [3.63, 3.8) is 0 Å². The van der Waals surface area contributed by atoms with Gasteiger partial charge in [-0.3, -0.25) is 0 Å². The van der Waals surface area contributed by atoms with Crippen molar-refractivity contribution in [2.45, 2.75) is 0 Å². The predicted molar refractivity (Wildman–Crippen MR) is 80.5 cm³/mol. The van der Waals surface area contributed by atoms with Crippen LogP contribution >= 0.6 is 15.9 Å². The summed E-state index contributed by atoms with van der Waals surface area (Å²) in [5, 5.41) is 1.21. The molecule has 2 aromatic carbocycles. The Balaban J connectivity index is 2.13. The first-order valence-corrected chi connectivity index (χ1v) is 6.56. The fourth-order valence-corrected chi connectivity index (χ4v) is 2.50. The molecule has 0 aliphatic carbocycles. The SMILES string of the molecule is C=C(c1ccccc1)n1ccc2cc(Br)ccc21. The van der Waals surface area contributed by atoms with Gasteiger partial charge in [0.05, 0.1) is 5.52 Å². The summed E-state index contributed by atoms with van der Waals surface area (Å²) in [7, 11) is 0. The molecule has 1 heterocycles. The number of rotatable bonds is 2. The molecule has 88 valence electrons. The Labute approximate surface area is 114 Å². The molecule has 0 atom stereocenters. The third-order valence-electron chi connectivity index (χ3n) is 3.05. The number of hydrogen-bond donors (Lipinski definition) is 0. The van der Waals surface area contributed by atoms with Crippen LogP contribution in [0.5, 0.6) is 0 Å². The summed E-state index contributed by atoms with van der Waals surface area (Å²) in [5.41, 5.74) is 3.30. The van der Waals surface area contributed by atoms with Crippen LogP contribution in [0.15, 0.2) is 71.8 Å². The smallest absolute Gasteiger partial charge is 0.0529 e. The molecule has 0 saturated heterocycles. The average molecular weight is 298 g/mol. The van der Waals surface area contributed by atoms with E-state index in [1.54, 1.807) is 0 Å². The molecule has 0 unspecified atom stereocenters. The second-order valence-electron chi connectivity index (χ2n) is 4.20. The topological polar surface area (TPSA) is 4.93 Å². The van der Waals surface area contributed by atoms with Crippen molar-refractivity contribution < 1.29 is 0 Å². The van der Waals surface area contributed by atoms with E-state index in [0.29, 0.717) is 0 Å². The third-order valence-corrected chi connectivity index (χ3v) is 3.54. The monoisotopic (exact) mass is 297 g/mol. The van der Waals surface area contributed by atoms with Gasteiger partial charge in [-0.25, -0.2) is 0 Å². The number of hydrogen-bond acceptors (Lipinski definition) is 0. The van der Waals surface area contributed by atoms with Gasteiger partial charge in [0.2, 0.25) is 0 Å². The quantitative estimate of drug-likeness (QED) is 0.632. The van der Waals surface area contributed by atoms with Crippen LogP contribution < -0.4 is 0 Å². The second kappa shape index (κ2) is 4.46. The fourth-order valence-electron chi connectivity index (χ4n) is 2.12. The van der Waals surface area contributed by atoms with Crippen molar-refractivity contribution in [3.05, 3.63) is 77.4 Å². The molecule has 2 heteroatoms. The molecule has 0 spiro atoms. The number of aromatic nitrogens is 1. The number of halogens is 1. The number of nitrogens with zero attached hydrogens (tertiary/aromatic N) is 1. The molecule has 0 radical (unpaired) electrons. The van der Waals surface area contributed by atoms with E-state index in [2.05, 4.69) is 69.7 Å². The molecule has 3 aromatic rings. The van der Waals surface area contributed by atoms with Crippen molar-refractivity contribution in [3.8, 4) is 0 Å². The second-order valence-corrected chi connectivity index (χ2v) is 5.12. The first-order chi connectivity index (χ1) is 8.75. The van der Waals surface area contributed by atoms with Gasteiger partial charge in [-0.1, -0.05) is 52.8 Å². The van der Waals surface area contributed by atoms with Gasteiger partial charge in [0.1, 0.15) is 0 Å². The van der Waals surface area contributed by atoms with Crippen LogP contribution in [0, 0.1) is 0 Å². The van der Waals surface area contributed by atoms with Crippen molar-refractivity contribution in [2.24, 2.45) is 0 Å². The Morgan fingerprint density at radius 1 is 1.00 bits per heavy atom. The minimum atomic E-state index is 0.993. The van der Waals surface area contributed by atoms with Crippen LogP contribution in [0.2, 0.25) is 0 Å². The molecule has 0 bridgehead atoms. The van der Waals surface area contributed by atoms with E-state index in [1.165, 1.54) is 10.9 Å². The lowest BCUT2D eigenvalue weighted by atomic mass is 10.1. The normalized spacial score (nSPS) is 10.7. The predicted octanol–water partition coefficient (Wildman–Crippen LogP) is 4.92. The summed E-state index contributed by atoms with van der Waals surface area (Å²) in [6, 6.07) is 18.6. The Morgan fingerprint density at radius 3 is 2.56 bits per heavy atom. The molecule has 0 fully saturated rings. The maximum absolute atomic E-state index is 4.19. The Hall–Kier alpha value is -1.80. The molecule has 0 N–H and O–H groups in total. The highest BCUT2D eigenvalue weighted by atomic mass is 79.9. The van der Waals surface area contributed by atoms with Gasteiger partial charge in [0.25, 0.3) is 0 Å². The van der Waals surface area contributed by atoms with Crippen molar-refractivity contribution >= 4 is 32.5 Å². The van der Waals surface area contributed by atoms with Crippen LogP contribution in [0.25, 0.3) is 16.6 Å². The lowest BCUT2D eigenvalue weighted by Gasteiger charge is -2.09. The molecular weight excluding hydrogens is 286 g/mol. The molecular formula is C16H12BrN. The Kier molecular flexibility index (Phi) is 2.80. The van der Waals surface area contributed by atoms with E-state index >= 15 is 0 Å². The third kappa shape index (κ3) is 1.89. The van der Waals surface area contributed by atoms with Gasteiger partial charge in [-0.2, -0.15) is 0 Å². The lowest BCUT2D eigenvalue weighted by molar-refractivity contribution is 1.17. The summed E-state index contributed by atoms with van der Waals surface area (Å²) >= 11 is 3.49. The minimum Gasteiger partial charge on any atom is -0.317 e. The summed E-state index contributed by atoms with van der Waals surface area (Å²) in [4.78, 5) is 0. The maximum atomic E-state index is 4.19. The van der Waals surface area contributed by atoms with Gasteiger partial charge < -0.3 is 4.57 Å². The molecule has 0 aliphatic rings. The number of fused-ring (bicyclic) bond motifs is 1. The zero-order valence-electron chi connectivity index (χ0n) is 9.81. The van der Waals surface area contributed by atoms with Crippen LogP contribution in [0.1, 0.15) is 5.56 Å². The summed E-state index contributed by atoms with van der Waals surface area (Å²) in [6.07, 6.45) is 2.06. The molecule has 0 aliphatic heterocycles. The zero-order chi connectivity index (χ0) is 12.5. The molecule has 18 heavy (non-hydrogen) atoms. The van der Waals surface area contributed by atoms with Crippen molar-refractivity contribution in [1.82, 2.24) is 4.57 Å². The summed E-state index contributed by atoms with van der Waals surface area (Å²) in [5.74, 6) is 0. The van der Waals surface area contributed by atoms with Crippen LogP contribution in [0.4, 0.5) is 0 Å². The number of benzene rings is 2. The zero-order valence-corrected chi connectivity index (χ0v) is 11.4. The van der Waals surface area contributed by atoms with Gasteiger partial charge in [-0.05, 0) is 29.8 Å². The molecule has 0 saturated carbocycles. The Morgan fingerprint density at radius 2 is 1.78 bits per heavy atom. The van der Waals surface area contributed by atoms with Gasteiger partial charge in [0, 0.05) is 21.8 Å². The van der Waals surface area contributed by atoms with Gasteiger partial charge in [0.15, 0.2) is 0 Å². The maximum Gasteiger partial charge on any atom is 0.0529 e. The first-order valence-electron chi connectivity index (χ1n) is 5.77. The van der Waals surface area contributed by atoms with Crippen molar-refractivity contribution in [1.29, 1.82) is 0 Å². The summed E-state index contributed by atoms with van der Waals surface area (Å²) in [6.45, 7) is 4.19. The summed E-state index contributed by atoms with van der Waals surface area (Å²) < 4.78 is 3.22. The van der Waals surface area contributed by atoms with E-state index in [4.69, 9.17) is 0 Å². The van der Waals surface area contributed by atoms with Crippen molar-refractivity contribution in [2.75, 3.05) is 0 Å². The molecule has 3 rings (SSSR count). The van der Waals surface area contributed by atoms with E-state index in [0.717, 1.165) is 15.7 Å². The fraction of sp³-hybridized carbons (Fsp3) is 0. The van der Waals surface area contributed by atoms with Crippen LogP contribution in [0.3, 0.4) is 0 Å². The molecule has 1 nitrogen and oxygen atoms in total. The lowest BCUT2D eigenvalue weighted by Crippen LogP contribution is -1.95. The van der Waals surface area contributed by atoms with E-state index in [9.17, 15) is 0 Å². The Bertz CT molecular complexity index is 710. The minimum absolute atomic E-state index is 0.993. The van der Waals surface area contributed by atoms with E-state index in [1.807, 2.05) is 18.2 Å². The highest BCUT2D eigenvalue weighted by molar-refractivity contribution is 9.10.